The van der Waals surface area contributed by atoms with Crippen LogP contribution in [0.25, 0.3) is 10.2 Å². The summed E-state index contributed by atoms with van der Waals surface area (Å²) in [5.74, 6) is 3.40. The molecule has 0 bridgehead atoms. The van der Waals surface area contributed by atoms with Crippen molar-refractivity contribution in [2.45, 2.75) is 13.3 Å². The fraction of sp³-hybridized carbons (Fsp3) is 0.556. The molecule has 0 saturated carbocycles. The second-order valence-electron chi connectivity index (χ2n) is 6.63. The molecule has 5 nitrogen and oxygen atoms in total. The van der Waals surface area contributed by atoms with E-state index in [0.29, 0.717) is 5.91 Å². The molecule has 1 unspecified atom stereocenters. The number of thioether (sulfide) groups is 1. The predicted molar refractivity (Wildman–Crippen MR) is 105 cm³/mol. The second-order valence-corrected chi connectivity index (χ2v) is 8.83. The molecule has 4 rings (SSSR count). The van der Waals surface area contributed by atoms with Crippen molar-refractivity contribution in [1.82, 2.24) is 9.88 Å². The SMILES string of the molecule is COc1ccc(C)c2sc(N3CCC(C(=O)N4CCSCC4)C3)nc12. The molecule has 2 aliphatic heterocycles. The maximum Gasteiger partial charge on any atom is 0.227 e. The quantitative estimate of drug-likeness (QED) is 0.823. The van der Waals surface area contributed by atoms with E-state index < -0.39 is 0 Å². The van der Waals surface area contributed by atoms with E-state index in [1.54, 1.807) is 18.4 Å². The summed E-state index contributed by atoms with van der Waals surface area (Å²) in [4.78, 5) is 21.9. The molecule has 2 aliphatic rings. The van der Waals surface area contributed by atoms with Crippen LogP contribution in [0.5, 0.6) is 5.75 Å². The summed E-state index contributed by atoms with van der Waals surface area (Å²) in [7, 11) is 1.69. The van der Waals surface area contributed by atoms with Crippen LogP contribution in [0, 0.1) is 12.8 Å². The number of nitrogens with zero attached hydrogens (tertiary/aromatic N) is 3. The summed E-state index contributed by atoms with van der Waals surface area (Å²) < 4.78 is 6.64. The van der Waals surface area contributed by atoms with E-state index in [1.807, 2.05) is 17.8 Å². The number of rotatable bonds is 3. The Morgan fingerprint density at radius 1 is 1.28 bits per heavy atom. The first-order valence-corrected chi connectivity index (χ1v) is 10.7. The Kier molecular flexibility index (Phi) is 4.78. The molecule has 0 radical (unpaired) electrons. The van der Waals surface area contributed by atoms with Gasteiger partial charge in [0.15, 0.2) is 5.13 Å². The Hall–Kier alpha value is -1.47. The Labute approximate surface area is 156 Å². The van der Waals surface area contributed by atoms with Gasteiger partial charge in [0.25, 0.3) is 0 Å². The molecular formula is C18H23N3O2S2. The minimum atomic E-state index is 0.109. The molecule has 2 saturated heterocycles. The number of aryl methyl sites for hydroxylation is 1. The van der Waals surface area contributed by atoms with Crippen LogP contribution < -0.4 is 9.64 Å². The third-order valence-electron chi connectivity index (χ3n) is 5.04. The van der Waals surface area contributed by atoms with Crippen LogP contribution in [-0.4, -0.2) is 60.6 Å². The molecule has 1 aromatic carbocycles. The smallest absolute Gasteiger partial charge is 0.227 e. The van der Waals surface area contributed by atoms with Crippen LogP contribution in [-0.2, 0) is 4.79 Å². The van der Waals surface area contributed by atoms with Gasteiger partial charge in [-0.25, -0.2) is 4.98 Å². The third-order valence-corrected chi connectivity index (χ3v) is 7.24. The maximum absolute atomic E-state index is 12.8. The first kappa shape index (κ1) is 17.0. The van der Waals surface area contributed by atoms with Crippen LogP contribution in [0.3, 0.4) is 0 Å². The zero-order valence-corrected chi connectivity index (χ0v) is 16.3. The molecule has 134 valence electrons. The monoisotopic (exact) mass is 377 g/mol. The highest BCUT2D eigenvalue weighted by molar-refractivity contribution is 7.99. The second kappa shape index (κ2) is 7.03. The Morgan fingerprint density at radius 2 is 2.08 bits per heavy atom. The van der Waals surface area contributed by atoms with E-state index in [4.69, 9.17) is 9.72 Å². The lowest BCUT2D eigenvalue weighted by atomic mass is 10.1. The minimum Gasteiger partial charge on any atom is -0.494 e. The number of aromatic nitrogens is 1. The van der Waals surface area contributed by atoms with E-state index in [1.165, 1.54) is 10.3 Å². The third kappa shape index (κ3) is 3.19. The van der Waals surface area contributed by atoms with E-state index in [-0.39, 0.29) is 5.92 Å². The van der Waals surface area contributed by atoms with Crippen molar-refractivity contribution < 1.29 is 9.53 Å². The van der Waals surface area contributed by atoms with E-state index in [9.17, 15) is 4.79 Å². The van der Waals surface area contributed by atoms with Gasteiger partial charge in [0.1, 0.15) is 11.3 Å². The van der Waals surface area contributed by atoms with Crippen molar-refractivity contribution >= 4 is 44.4 Å². The first-order valence-electron chi connectivity index (χ1n) is 8.73. The lowest BCUT2D eigenvalue weighted by Gasteiger charge is -2.28. The van der Waals surface area contributed by atoms with Gasteiger partial charge in [-0.3, -0.25) is 4.79 Å². The van der Waals surface area contributed by atoms with Crippen molar-refractivity contribution in [3.63, 3.8) is 0 Å². The van der Waals surface area contributed by atoms with Crippen molar-refractivity contribution in [1.29, 1.82) is 0 Å². The number of hydrogen-bond donors (Lipinski definition) is 0. The number of ether oxygens (including phenoxy) is 1. The number of thiazole rings is 1. The fourth-order valence-corrected chi connectivity index (χ4v) is 5.57. The normalized spacial score (nSPS) is 21.1. The lowest BCUT2D eigenvalue weighted by Crippen LogP contribution is -2.42. The Bertz CT molecular complexity index is 786. The summed E-state index contributed by atoms with van der Waals surface area (Å²) in [6.45, 7) is 5.59. The van der Waals surface area contributed by atoms with Crippen LogP contribution in [0.1, 0.15) is 12.0 Å². The van der Waals surface area contributed by atoms with Crippen molar-refractivity contribution in [3.05, 3.63) is 17.7 Å². The summed E-state index contributed by atoms with van der Waals surface area (Å²) in [5.41, 5.74) is 2.16. The van der Waals surface area contributed by atoms with Gasteiger partial charge >= 0.3 is 0 Å². The van der Waals surface area contributed by atoms with Crippen molar-refractivity contribution in [3.8, 4) is 5.75 Å². The predicted octanol–water partition coefficient (Wildman–Crippen LogP) is 3.02. The fourth-order valence-electron chi connectivity index (χ4n) is 3.58. The van der Waals surface area contributed by atoms with Crippen LogP contribution in [0.15, 0.2) is 12.1 Å². The summed E-state index contributed by atoms with van der Waals surface area (Å²) >= 11 is 3.65. The standard InChI is InChI=1S/C18H23N3O2S2/c1-12-3-4-14(23-2)15-16(12)25-18(19-15)21-6-5-13(11-21)17(22)20-7-9-24-10-8-20/h3-4,13H,5-11H2,1-2H3. The number of anilines is 1. The zero-order valence-electron chi connectivity index (χ0n) is 14.7. The summed E-state index contributed by atoms with van der Waals surface area (Å²) in [5, 5.41) is 1.01. The number of hydrogen-bond acceptors (Lipinski definition) is 6. The molecule has 2 fully saturated rings. The molecule has 1 atom stereocenters. The zero-order chi connectivity index (χ0) is 17.4. The molecule has 7 heteroatoms. The number of amides is 1. The topological polar surface area (TPSA) is 45.7 Å². The summed E-state index contributed by atoms with van der Waals surface area (Å²) in [6.07, 6.45) is 0.925. The van der Waals surface area contributed by atoms with Gasteiger partial charge in [0.05, 0.1) is 17.7 Å². The Balaban J connectivity index is 1.52. The highest BCUT2D eigenvalue weighted by atomic mass is 32.2. The van der Waals surface area contributed by atoms with Gasteiger partial charge in [-0.1, -0.05) is 17.4 Å². The van der Waals surface area contributed by atoms with Gasteiger partial charge in [-0.2, -0.15) is 11.8 Å². The number of methoxy groups -OCH3 is 1. The largest absolute Gasteiger partial charge is 0.494 e. The van der Waals surface area contributed by atoms with Gasteiger partial charge in [-0.05, 0) is 25.0 Å². The molecule has 2 aromatic rings. The highest BCUT2D eigenvalue weighted by Gasteiger charge is 2.33. The molecule has 1 amide bonds. The van der Waals surface area contributed by atoms with E-state index in [0.717, 1.165) is 60.5 Å². The Morgan fingerprint density at radius 3 is 2.84 bits per heavy atom. The summed E-state index contributed by atoms with van der Waals surface area (Å²) in [6, 6.07) is 4.06. The van der Waals surface area contributed by atoms with Crippen LogP contribution in [0.4, 0.5) is 5.13 Å². The van der Waals surface area contributed by atoms with Crippen LogP contribution in [0.2, 0.25) is 0 Å². The van der Waals surface area contributed by atoms with Gasteiger partial charge in [0.2, 0.25) is 5.91 Å². The molecule has 0 N–H and O–H groups in total. The van der Waals surface area contributed by atoms with Crippen LogP contribution >= 0.6 is 23.1 Å². The molecule has 1 aromatic heterocycles. The highest BCUT2D eigenvalue weighted by Crippen LogP contribution is 2.38. The van der Waals surface area contributed by atoms with E-state index in [2.05, 4.69) is 22.8 Å². The molecular weight excluding hydrogens is 354 g/mol. The number of fused-ring (bicyclic) bond motifs is 1. The number of carbonyl (C=O) groups is 1. The molecule has 25 heavy (non-hydrogen) atoms. The van der Waals surface area contributed by atoms with E-state index >= 15 is 0 Å². The van der Waals surface area contributed by atoms with Gasteiger partial charge in [0, 0.05) is 37.7 Å². The maximum atomic E-state index is 12.8. The van der Waals surface area contributed by atoms with Crippen molar-refractivity contribution in [2.75, 3.05) is 49.7 Å². The average Bonchev–Trinajstić information content (AvgIpc) is 3.30. The molecule has 3 heterocycles. The van der Waals surface area contributed by atoms with Crippen molar-refractivity contribution in [2.24, 2.45) is 5.92 Å². The molecule has 0 aliphatic carbocycles. The van der Waals surface area contributed by atoms with Gasteiger partial charge < -0.3 is 14.5 Å². The molecule has 0 spiro atoms. The number of benzene rings is 1. The lowest BCUT2D eigenvalue weighted by molar-refractivity contribution is -0.134. The average molecular weight is 378 g/mol. The number of carbonyl (C=O) groups excluding carboxylic acids is 1. The minimum absolute atomic E-state index is 0.109. The first-order chi connectivity index (χ1) is 12.2. The van der Waals surface area contributed by atoms with Gasteiger partial charge in [-0.15, -0.1) is 0 Å².